The zero-order valence-corrected chi connectivity index (χ0v) is 17.3. The average Bonchev–Trinajstić information content (AvgIpc) is 3.28. The molecule has 0 aliphatic carbocycles. The van der Waals surface area contributed by atoms with Crippen LogP contribution in [0.4, 0.5) is 0 Å². The Morgan fingerprint density at radius 1 is 1.42 bits per heavy atom. The maximum absolute atomic E-state index is 11.8. The van der Waals surface area contributed by atoms with Gasteiger partial charge in [0.15, 0.2) is 14.9 Å². The van der Waals surface area contributed by atoms with Gasteiger partial charge in [-0.05, 0) is 45.3 Å². The van der Waals surface area contributed by atoms with Crippen molar-refractivity contribution in [2.24, 2.45) is 0 Å². The van der Waals surface area contributed by atoms with E-state index in [2.05, 4.69) is 10.4 Å². The molecule has 9 heteroatoms. The third kappa shape index (κ3) is 4.37. The van der Waals surface area contributed by atoms with Crippen molar-refractivity contribution in [2.45, 2.75) is 51.8 Å². The molecule has 2 saturated heterocycles. The molecule has 0 unspecified atom stereocenters. The standard InChI is InChI=1S/C17H28N4O3S2/c1-12-16(10-20(3)17(25)18-9-15-5-4-7-24-15)13(2)21(19-12)14-6-8-26(22,23)11-14/h14-15H,4-11H2,1-3H3,(H,18,25)/t14-,15-/m1/s1. The van der Waals surface area contributed by atoms with E-state index in [0.29, 0.717) is 18.1 Å². The van der Waals surface area contributed by atoms with E-state index in [1.54, 1.807) is 0 Å². The molecular weight excluding hydrogens is 372 g/mol. The number of sulfone groups is 1. The lowest BCUT2D eigenvalue weighted by Crippen LogP contribution is -2.40. The molecule has 1 aromatic rings. The first kappa shape index (κ1) is 19.6. The van der Waals surface area contributed by atoms with E-state index in [1.807, 2.05) is 30.5 Å². The Labute approximate surface area is 161 Å². The third-order valence-electron chi connectivity index (χ3n) is 5.28. The van der Waals surface area contributed by atoms with Gasteiger partial charge in [-0.1, -0.05) is 0 Å². The lowest BCUT2D eigenvalue weighted by molar-refractivity contribution is 0.113. The summed E-state index contributed by atoms with van der Waals surface area (Å²) in [5.41, 5.74) is 3.07. The summed E-state index contributed by atoms with van der Waals surface area (Å²) in [6.45, 7) is 6.20. The van der Waals surface area contributed by atoms with Gasteiger partial charge in [0.05, 0.1) is 29.3 Å². The van der Waals surface area contributed by atoms with Gasteiger partial charge < -0.3 is 15.0 Å². The average molecular weight is 401 g/mol. The summed E-state index contributed by atoms with van der Waals surface area (Å²) in [5, 5.41) is 8.59. The molecule has 26 heavy (non-hydrogen) atoms. The zero-order valence-electron chi connectivity index (χ0n) is 15.7. The highest BCUT2D eigenvalue weighted by atomic mass is 32.2. The van der Waals surface area contributed by atoms with E-state index >= 15 is 0 Å². The summed E-state index contributed by atoms with van der Waals surface area (Å²) < 4.78 is 31.1. The van der Waals surface area contributed by atoms with Crippen LogP contribution in [0.25, 0.3) is 0 Å². The van der Waals surface area contributed by atoms with Gasteiger partial charge in [0, 0.05) is 38.0 Å². The van der Waals surface area contributed by atoms with Crippen molar-refractivity contribution in [3.05, 3.63) is 17.0 Å². The monoisotopic (exact) mass is 400 g/mol. The van der Waals surface area contributed by atoms with Gasteiger partial charge in [0.25, 0.3) is 0 Å². The van der Waals surface area contributed by atoms with Crippen LogP contribution in [-0.4, -0.2) is 66.0 Å². The van der Waals surface area contributed by atoms with Crippen molar-refractivity contribution in [1.29, 1.82) is 0 Å². The van der Waals surface area contributed by atoms with E-state index in [0.717, 1.165) is 42.9 Å². The molecule has 0 bridgehead atoms. The smallest absolute Gasteiger partial charge is 0.169 e. The Morgan fingerprint density at radius 3 is 2.81 bits per heavy atom. The van der Waals surface area contributed by atoms with Gasteiger partial charge in [0.2, 0.25) is 0 Å². The summed E-state index contributed by atoms with van der Waals surface area (Å²) in [6.07, 6.45) is 3.08. The Balaban J connectivity index is 1.62. The van der Waals surface area contributed by atoms with Crippen LogP contribution < -0.4 is 5.32 Å². The molecule has 1 N–H and O–H groups in total. The normalized spacial score (nSPS) is 24.7. The van der Waals surface area contributed by atoms with Crippen LogP contribution >= 0.6 is 12.2 Å². The number of hydrogen-bond donors (Lipinski definition) is 1. The van der Waals surface area contributed by atoms with Gasteiger partial charge in [-0.25, -0.2) is 8.42 Å². The fourth-order valence-electron chi connectivity index (χ4n) is 3.70. The molecule has 0 aromatic carbocycles. The quantitative estimate of drug-likeness (QED) is 0.748. The second kappa shape index (κ2) is 7.82. The van der Waals surface area contributed by atoms with E-state index in [-0.39, 0.29) is 23.7 Å². The van der Waals surface area contributed by atoms with E-state index in [9.17, 15) is 8.42 Å². The summed E-state index contributed by atoms with van der Waals surface area (Å²) in [7, 11) is -0.970. The number of ether oxygens (including phenoxy) is 1. The van der Waals surface area contributed by atoms with Crippen molar-refractivity contribution < 1.29 is 13.2 Å². The fraction of sp³-hybridized carbons (Fsp3) is 0.765. The van der Waals surface area contributed by atoms with Crippen LogP contribution in [0.3, 0.4) is 0 Å². The van der Waals surface area contributed by atoms with E-state index < -0.39 is 9.84 Å². The molecule has 7 nitrogen and oxygen atoms in total. The highest BCUT2D eigenvalue weighted by molar-refractivity contribution is 7.91. The topological polar surface area (TPSA) is 76.5 Å². The number of nitrogens with zero attached hydrogens (tertiary/aromatic N) is 3. The van der Waals surface area contributed by atoms with Crippen molar-refractivity contribution in [3.63, 3.8) is 0 Å². The minimum absolute atomic E-state index is 0.0534. The highest BCUT2D eigenvalue weighted by Gasteiger charge is 2.31. The van der Waals surface area contributed by atoms with Crippen LogP contribution in [0.2, 0.25) is 0 Å². The number of thiocarbonyl (C=S) groups is 1. The van der Waals surface area contributed by atoms with Gasteiger partial charge >= 0.3 is 0 Å². The fourth-order valence-corrected chi connectivity index (χ4v) is 5.54. The summed E-state index contributed by atoms with van der Waals surface area (Å²) in [5.74, 6) is 0.439. The molecule has 2 aliphatic heterocycles. The molecule has 0 amide bonds. The Hall–Kier alpha value is -1.19. The highest BCUT2D eigenvalue weighted by Crippen LogP contribution is 2.27. The lowest BCUT2D eigenvalue weighted by atomic mass is 10.2. The molecule has 0 spiro atoms. The zero-order chi connectivity index (χ0) is 18.9. The maximum Gasteiger partial charge on any atom is 0.169 e. The molecular formula is C17H28N4O3S2. The van der Waals surface area contributed by atoms with Crippen molar-refractivity contribution in [2.75, 3.05) is 31.7 Å². The molecule has 3 rings (SSSR count). The number of nitrogens with one attached hydrogen (secondary N) is 1. The molecule has 2 aliphatic rings. The van der Waals surface area contributed by atoms with Crippen LogP contribution in [0.5, 0.6) is 0 Å². The van der Waals surface area contributed by atoms with Crippen LogP contribution in [0, 0.1) is 13.8 Å². The summed E-state index contributed by atoms with van der Waals surface area (Å²) in [4.78, 5) is 2.00. The molecule has 2 fully saturated rings. The van der Waals surface area contributed by atoms with Crippen LogP contribution in [0.15, 0.2) is 0 Å². The number of rotatable bonds is 5. The minimum atomic E-state index is -2.93. The van der Waals surface area contributed by atoms with Gasteiger partial charge in [0.1, 0.15) is 0 Å². The van der Waals surface area contributed by atoms with Gasteiger partial charge in [-0.2, -0.15) is 5.10 Å². The van der Waals surface area contributed by atoms with E-state index in [1.165, 1.54) is 0 Å². The largest absolute Gasteiger partial charge is 0.376 e. The Morgan fingerprint density at radius 2 is 2.19 bits per heavy atom. The third-order valence-corrected chi connectivity index (χ3v) is 7.48. The minimum Gasteiger partial charge on any atom is -0.376 e. The second-order valence-electron chi connectivity index (χ2n) is 7.33. The van der Waals surface area contributed by atoms with Crippen molar-refractivity contribution in [1.82, 2.24) is 20.0 Å². The van der Waals surface area contributed by atoms with E-state index in [4.69, 9.17) is 17.0 Å². The van der Waals surface area contributed by atoms with Crippen molar-refractivity contribution >= 4 is 27.2 Å². The number of aryl methyl sites for hydroxylation is 1. The van der Waals surface area contributed by atoms with Crippen LogP contribution in [0.1, 0.15) is 42.3 Å². The second-order valence-corrected chi connectivity index (χ2v) is 9.94. The Kier molecular flexibility index (Phi) is 5.88. The molecule has 0 radical (unpaired) electrons. The predicted molar refractivity (Wildman–Crippen MR) is 105 cm³/mol. The lowest BCUT2D eigenvalue weighted by Gasteiger charge is -2.22. The molecule has 146 valence electrons. The number of hydrogen-bond acceptors (Lipinski definition) is 5. The first-order valence-corrected chi connectivity index (χ1v) is 11.4. The first-order chi connectivity index (χ1) is 12.3. The number of aromatic nitrogens is 2. The summed E-state index contributed by atoms with van der Waals surface area (Å²) >= 11 is 5.49. The van der Waals surface area contributed by atoms with Gasteiger partial charge in [-0.15, -0.1) is 0 Å². The van der Waals surface area contributed by atoms with Gasteiger partial charge in [-0.3, -0.25) is 4.68 Å². The summed E-state index contributed by atoms with van der Waals surface area (Å²) in [6, 6.07) is -0.0534. The molecule has 3 heterocycles. The SMILES string of the molecule is Cc1nn([C@@H]2CCS(=O)(=O)C2)c(C)c1CN(C)C(=S)NC[C@H]1CCCO1. The Bertz CT molecular complexity index is 769. The molecule has 0 saturated carbocycles. The predicted octanol–water partition coefficient (Wildman–Crippen LogP) is 1.34. The first-order valence-electron chi connectivity index (χ1n) is 9.12. The van der Waals surface area contributed by atoms with Crippen molar-refractivity contribution in [3.8, 4) is 0 Å². The van der Waals surface area contributed by atoms with Crippen LogP contribution in [-0.2, 0) is 21.1 Å². The molecule has 2 atom stereocenters. The maximum atomic E-state index is 11.8. The molecule has 1 aromatic heterocycles.